The van der Waals surface area contributed by atoms with Crippen LogP contribution in [0, 0.1) is 5.92 Å². The van der Waals surface area contributed by atoms with Gasteiger partial charge in [0.2, 0.25) is 0 Å². The van der Waals surface area contributed by atoms with Gasteiger partial charge in [-0.3, -0.25) is 4.79 Å². The third-order valence-corrected chi connectivity index (χ3v) is 2.78. The van der Waals surface area contributed by atoms with Gasteiger partial charge in [0.05, 0.1) is 5.56 Å². The Hall–Kier alpha value is -1.62. The first-order valence-corrected chi connectivity index (χ1v) is 6.70. The third kappa shape index (κ3) is 5.70. The molecule has 5 heteroatoms. The van der Waals surface area contributed by atoms with Crippen LogP contribution in [0.2, 0.25) is 0 Å². The molecule has 0 saturated heterocycles. The number of para-hydroxylation sites is 1. The van der Waals surface area contributed by atoms with Gasteiger partial charge in [-0.25, -0.2) is 0 Å². The summed E-state index contributed by atoms with van der Waals surface area (Å²) in [5.41, 5.74) is 6.23. The zero-order valence-electron chi connectivity index (χ0n) is 11.3. The van der Waals surface area contributed by atoms with E-state index in [1.807, 2.05) is 12.1 Å². The van der Waals surface area contributed by atoms with E-state index in [1.54, 1.807) is 12.1 Å². The number of nitrogens with two attached hydrogens (primary N) is 1. The van der Waals surface area contributed by atoms with Crippen molar-refractivity contribution in [2.75, 3.05) is 13.2 Å². The average molecular weight is 280 g/mol. The first kappa shape index (κ1) is 15.4. The molecule has 0 fully saturated rings. The van der Waals surface area contributed by atoms with Gasteiger partial charge in [0.15, 0.2) is 6.61 Å². The van der Waals surface area contributed by atoms with Crippen LogP contribution in [-0.4, -0.2) is 24.0 Å². The van der Waals surface area contributed by atoms with E-state index in [0.29, 0.717) is 23.8 Å². The summed E-state index contributed by atoms with van der Waals surface area (Å²) in [6.45, 7) is 4.86. The highest BCUT2D eigenvalue weighted by atomic mass is 32.1. The maximum absolute atomic E-state index is 11.6. The van der Waals surface area contributed by atoms with Crippen LogP contribution < -0.4 is 15.8 Å². The lowest BCUT2D eigenvalue weighted by Gasteiger charge is -2.11. The molecule has 0 radical (unpaired) electrons. The number of benzene rings is 1. The van der Waals surface area contributed by atoms with Crippen LogP contribution in [0.4, 0.5) is 0 Å². The van der Waals surface area contributed by atoms with Crippen molar-refractivity contribution in [3.63, 3.8) is 0 Å². The minimum atomic E-state index is -0.140. The monoisotopic (exact) mass is 280 g/mol. The second-order valence-corrected chi connectivity index (χ2v) is 5.12. The average Bonchev–Trinajstić information content (AvgIpc) is 2.36. The van der Waals surface area contributed by atoms with Gasteiger partial charge in [-0.15, -0.1) is 0 Å². The predicted octanol–water partition coefficient (Wildman–Crippen LogP) is 1.86. The van der Waals surface area contributed by atoms with Crippen LogP contribution in [0.25, 0.3) is 0 Å². The Kier molecular flexibility index (Phi) is 6.29. The molecule has 19 heavy (non-hydrogen) atoms. The number of carbonyl (C=O) groups excluding carboxylic acids is 1. The molecule has 0 unspecified atom stereocenters. The smallest absolute Gasteiger partial charge is 0.257 e. The molecule has 0 aliphatic rings. The fraction of sp³-hybridized carbons (Fsp3) is 0.429. The molecule has 1 amide bonds. The van der Waals surface area contributed by atoms with E-state index in [0.717, 1.165) is 6.42 Å². The van der Waals surface area contributed by atoms with Gasteiger partial charge in [0.1, 0.15) is 10.7 Å². The van der Waals surface area contributed by atoms with Crippen LogP contribution in [0.15, 0.2) is 24.3 Å². The molecule has 0 heterocycles. The third-order valence-electron chi connectivity index (χ3n) is 2.56. The highest BCUT2D eigenvalue weighted by molar-refractivity contribution is 7.80. The van der Waals surface area contributed by atoms with Crippen molar-refractivity contribution < 1.29 is 9.53 Å². The lowest BCUT2D eigenvalue weighted by molar-refractivity contribution is -0.123. The van der Waals surface area contributed by atoms with E-state index in [9.17, 15) is 4.79 Å². The van der Waals surface area contributed by atoms with Crippen LogP contribution >= 0.6 is 12.2 Å². The Bertz CT molecular complexity index is 447. The first-order chi connectivity index (χ1) is 9.00. The summed E-state index contributed by atoms with van der Waals surface area (Å²) >= 11 is 4.93. The summed E-state index contributed by atoms with van der Waals surface area (Å²) in [6.07, 6.45) is 0.954. The molecule has 3 N–H and O–H groups in total. The van der Waals surface area contributed by atoms with Gasteiger partial charge in [-0.1, -0.05) is 38.2 Å². The van der Waals surface area contributed by atoms with Gasteiger partial charge in [-0.05, 0) is 24.5 Å². The molecule has 0 aliphatic heterocycles. The zero-order chi connectivity index (χ0) is 14.3. The Balaban J connectivity index is 2.44. The molecule has 1 aromatic rings. The molecule has 0 aliphatic carbocycles. The van der Waals surface area contributed by atoms with Gasteiger partial charge in [0, 0.05) is 6.54 Å². The van der Waals surface area contributed by atoms with Gasteiger partial charge >= 0.3 is 0 Å². The van der Waals surface area contributed by atoms with Crippen molar-refractivity contribution in [2.45, 2.75) is 20.3 Å². The summed E-state index contributed by atoms with van der Waals surface area (Å²) in [5.74, 6) is 0.962. The molecular formula is C14H20N2O2S. The molecular weight excluding hydrogens is 260 g/mol. The van der Waals surface area contributed by atoms with Gasteiger partial charge in [-0.2, -0.15) is 0 Å². The van der Waals surface area contributed by atoms with Crippen LogP contribution in [-0.2, 0) is 4.79 Å². The number of hydrogen-bond acceptors (Lipinski definition) is 3. The van der Waals surface area contributed by atoms with E-state index in [1.165, 1.54) is 0 Å². The number of ether oxygens (including phenoxy) is 1. The topological polar surface area (TPSA) is 64.3 Å². The second kappa shape index (κ2) is 7.74. The first-order valence-electron chi connectivity index (χ1n) is 6.29. The molecule has 0 saturated carbocycles. The van der Waals surface area contributed by atoms with Crippen molar-refractivity contribution in [3.05, 3.63) is 29.8 Å². The predicted molar refractivity (Wildman–Crippen MR) is 80.3 cm³/mol. The molecule has 0 bridgehead atoms. The SMILES string of the molecule is CC(C)CCNC(=O)COc1ccccc1C(N)=S. The normalized spacial score (nSPS) is 10.3. The molecule has 1 aromatic carbocycles. The number of amides is 1. The van der Waals surface area contributed by atoms with E-state index < -0.39 is 0 Å². The van der Waals surface area contributed by atoms with E-state index in [2.05, 4.69) is 19.2 Å². The summed E-state index contributed by atoms with van der Waals surface area (Å²) < 4.78 is 5.44. The highest BCUT2D eigenvalue weighted by Crippen LogP contribution is 2.17. The van der Waals surface area contributed by atoms with Gasteiger partial charge in [0.25, 0.3) is 5.91 Å². The summed E-state index contributed by atoms with van der Waals surface area (Å²) in [5, 5.41) is 2.80. The molecule has 0 atom stereocenters. The second-order valence-electron chi connectivity index (χ2n) is 4.68. The number of thiocarbonyl (C=S) groups is 1. The molecule has 104 valence electrons. The maximum atomic E-state index is 11.6. The largest absolute Gasteiger partial charge is 0.483 e. The van der Waals surface area contributed by atoms with Crippen LogP contribution in [0.3, 0.4) is 0 Å². The molecule has 4 nitrogen and oxygen atoms in total. The lowest BCUT2D eigenvalue weighted by Crippen LogP contribution is -2.30. The van der Waals surface area contributed by atoms with Crippen LogP contribution in [0.5, 0.6) is 5.75 Å². The summed E-state index contributed by atoms with van der Waals surface area (Å²) in [7, 11) is 0. The minimum Gasteiger partial charge on any atom is -0.483 e. The maximum Gasteiger partial charge on any atom is 0.257 e. The van der Waals surface area contributed by atoms with Crippen molar-refractivity contribution in [1.29, 1.82) is 0 Å². The number of hydrogen-bond donors (Lipinski definition) is 2. The van der Waals surface area contributed by atoms with Crippen molar-refractivity contribution in [2.24, 2.45) is 11.7 Å². The minimum absolute atomic E-state index is 0.0300. The van der Waals surface area contributed by atoms with Crippen molar-refractivity contribution >= 4 is 23.1 Å². The van der Waals surface area contributed by atoms with Gasteiger partial charge < -0.3 is 15.8 Å². The highest BCUT2D eigenvalue weighted by Gasteiger charge is 2.08. The number of nitrogens with one attached hydrogen (secondary N) is 1. The molecule has 0 aromatic heterocycles. The Morgan fingerprint density at radius 3 is 2.74 bits per heavy atom. The Morgan fingerprint density at radius 1 is 1.42 bits per heavy atom. The van der Waals surface area contributed by atoms with E-state index >= 15 is 0 Å². The number of carbonyl (C=O) groups is 1. The van der Waals surface area contributed by atoms with Crippen LogP contribution in [0.1, 0.15) is 25.8 Å². The summed E-state index contributed by atoms with van der Waals surface area (Å²) in [6, 6.07) is 7.15. The zero-order valence-corrected chi connectivity index (χ0v) is 12.1. The van der Waals surface area contributed by atoms with E-state index in [4.69, 9.17) is 22.7 Å². The summed E-state index contributed by atoms with van der Waals surface area (Å²) in [4.78, 5) is 11.8. The number of rotatable bonds is 7. The molecule has 1 rings (SSSR count). The standard InChI is InChI=1S/C14H20N2O2S/c1-10(2)7-8-16-13(17)9-18-12-6-4-3-5-11(12)14(15)19/h3-6,10H,7-9H2,1-2H3,(H2,15,19)(H,16,17). The fourth-order valence-corrected chi connectivity index (χ4v) is 1.66. The Morgan fingerprint density at radius 2 is 2.11 bits per heavy atom. The fourth-order valence-electron chi connectivity index (χ4n) is 1.49. The lowest BCUT2D eigenvalue weighted by atomic mass is 10.1. The quantitative estimate of drug-likeness (QED) is 0.748. The van der Waals surface area contributed by atoms with Crippen molar-refractivity contribution in [3.8, 4) is 5.75 Å². The molecule has 0 spiro atoms. The van der Waals surface area contributed by atoms with Crippen molar-refractivity contribution in [1.82, 2.24) is 5.32 Å². The Labute approximate surface area is 119 Å². The van der Waals surface area contributed by atoms with E-state index in [-0.39, 0.29) is 17.5 Å².